The van der Waals surface area contributed by atoms with Crippen molar-refractivity contribution >= 4 is 28.9 Å². The maximum atomic E-state index is 12.2. The zero-order valence-electron chi connectivity index (χ0n) is 15.3. The van der Waals surface area contributed by atoms with Gasteiger partial charge in [-0.3, -0.25) is 14.9 Å². The quantitative estimate of drug-likeness (QED) is 0.347. The molecule has 1 amide bonds. The normalized spacial score (nSPS) is 10.5. The van der Waals surface area contributed by atoms with Gasteiger partial charge in [0.2, 0.25) is 0 Å². The highest BCUT2D eigenvalue weighted by atomic mass is 16.6. The summed E-state index contributed by atoms with van der Waals surface area (Å²) in [6.45, 7) is 5.36. The summed E-state index contributed by atoms with van der Waals surface area (Å²) < 4.78 is 4.96. The van der Waals surface area contributed by atoms with E-state index in [1.165, 1.54) is 12.1 Å². The summed E-state index contributed by atoms with van der Waals surface area (Å²) in [6.07, 6.45) is 0. The van der Waals surface area contributed by atoms with Crippen LogP contribution in [0.3, 0.4) is 0 Å². The molecule has 0 saturated heterocycles. The highest BCUT2D eigenvalue weighted by molar-refractivity contribution is 5.99. The first-order chi connectivity index (χ1) is 12.7. The number of carbonyl (C=O) groups excluding carboxylic acids is 2. The van der Waals surface area contributed by atoms with Gasteiger partial charge in [0.15, 0.2) is 6.61 Å². The first-order valence-electron chi connectivity index (χ1n) is 8.31. The van der Waals surface area contributed by atoms with Gasteiger partial charge in [0.1, 0.15) is 0 Å². The van der Waals surface area contributed by atoms with E-state index in [1.54, 1.807) is 0 Å². The second kappa shape index (κ2) is 8.31. The number of esters is 1. The van der Waals surface area contributed by atoms with Crippen molar-refractivity contribution in [1.82, 2.24) is 0 Å². The van der Waals surface area contributed by atoms with Gasteiger partial charge in [-0.15, -0.1) is 0 Å². The number of benzene rings is 2. The third kappa shape index (κ3) is 4.81. The molecule has 0 radical (unpaired) electrons. The van der Waals surface area contributed by atoms with E-state index in [-0.39, 0.29) is 22.9 Å². The van der Waals surface area contributed by atoms with Crippen molar-refractivity contribution < 1.29 is 19.2 Å². The van der Waals surface area contributed by atoms with Crippen molar-refractivity contribution in [1.29, 1.82) is 0 Å². The molecule has 142 valence electrons. The zero-order valence-corrected chi connectivity index (χ0v) is 15.3. The lowest BCUT2D eigenvalue weighted by atomic mass is 9.98. The Balaban J connectivity index is 2.08. The van der Waals surface area contributed by atoms with Crippen LogP contribution in [0.2, 0.25) is 0 Å². The second-order valence-corrected chi connectivity index (χ2v) is 6.35. The molecule has 2 aromatic carbocycles. The van der Waals surface area contributed by atoms with E-state index in [2.05, 4.69) is 5.32 Å². The predicted molar refractivity (Wildman–Crippen MR) is 102 cm³/mol. The van der Waals surface area contributed by atoms with E-state index in [9.17, 15) is 19.7 Å². The number of nitrogens with two attached hydrogens (primary N) is 1. The van der Waals surface area contributed by atoms with Gasteiger partial charge in [-0.1, -0.05) is 32.0 Å². The van der Waals surface area contributed by atoms with Crippen LogP contribution in [0.15, 0.2) is 36.4 Å². The number of hydrogen-bond donors (Lipinski definition) is 2. The number of anilines is 2. The van der Waals surface area contributed by atoms with Crippen molar-refractivity contribution in [3.63, 3.8) is 0 Å². The molecule has 0 saturated carbocycles. The highest BCUT2D eigenvalue weighted by Gasteiger charge is 2.18. The number of hydrogen-bond acceptors (Lipinski definition) is 6. The van der Waals surface area contributed by atoms with E-state index >= 15 is 0 Å². The van der Waals surface area contributed by atoms with Gasteiger partial charge in [0, 0.05) is 23.5 Å². The Morgan fingerprint density at radius 2 is 1.96 bits per heavy atom. The van der Waals surface area contributed by atoms with E-state index in [0.717, 1.165) is 17.2 Å². The fraction of sp³-hybridized carbons (Fsp3) is 0.263. The van der Waals surface area contributed by atoms with Crippen molar-refractivity contribution in [2.24, 2.45) is 0 Å². The number of para-hydroxylation sites is 1. The molecule has 0 atom stereocenters. The average Bonchev–Trinajstić information content (AvgIpc) is 2.61. The molecule has 0 unspecified atom stereocenters. The van der Waals surface area contributed by atoms with E-state index < -0.39 is 23.4 Å². The molecule has 8 nitrogen and oxygen atoms in total. The molecule has 0 aliphatic heterocycles. The van der Waals surface area contributed by atoms with Crippen LogP contribution in [0.5, 0.6) is 0 Å². The molecule has 0 bridgehead atoms. The number of nitrogen functional groups attached to an aromatic ring is 1. The Kier molecular flexibility index (Phi) is 6.12. The Hall–Kier alpha value is -3.42. The van der Waals surface area contributed by atoms with Crippen molar-refractivity contribution in [2.45, 2.75) is 26.7 Å². The molecular formula is C19H21N3O5. The molecule has 0 spiro atoms. The number of rotatable bonds is 6. The number of nitro groups is 1. The summed E-state index contributed by atoms with van der Waals surface area (Å²) in [5, 5.41) is 13.6. The van der Waals surface area contributed by atoms with Crippen LogP contribution in [0.25, 0.3) is 0 Å². The van der Waals surface area contributed by atoms with E-state index in [4.69, 9.17) is 10.5 Å². The lowest BCUT2D eigenvalue weighted by Gasteiger charge is -2.16. The number of carbonyl (C=O) groups is 2. The second-order valence-electron chi connectivity index (χ2n) is 6.35. The largest absolute Gasteiger partial charge is 0.452 e. The number of non-ortho nitro benzene ring substituents is 1. The summed E-state index contributed by atoms with van der Waals surface area (Å²) in [6, 6.07) is 9.15. The number of ether oxygens (including phenoxy) is 1. The van der Waals surface area contributed by atoms with Crippen molar-refractivity contribution in [2.75, 3.05) is 17.7 Å². The molecule has 0 fully saturated rings. The molecule has 2 aromatic rings. The number of nitrogens with zero attached hydrogens (tertiary/aromatic N) is 1. The van der Waals surface area contributed by atoms with Crippen LogP contribution in [-0.2, 0) is 9.53 Å². The van der Waals surface area contributed by atoms with Crippen LogP contribution < -0.4 is 11.1 Å². The van der Waals surface area contributed by atoms with Gasteiger partial charge in [-0.25, -0.2) is 4.79 Å². The van der Waals surface area contributed by atoms with E-state index in [0.29, 0.717) is 5.69 Å². The molecule has 0 aliphatic carbocycles. The van der Waals surface area contributed by atoms with Gasteiger partial charge >= 0.3 is 5.97 Å². The van der Waals surface area contributed by atoms with Crippen LogP contribution >= 0.6 is 0 Å². The molecule has 0 heterocycles. The van der Waals surface area contributed by atoms with Crippen molar-refractivity contribution in [3.05, 3.63) is 63.2 Å². The molecule has 0 aromatic heterocycles. The molecule has 27 heavy (non-hydrogen) atoms. The summed E-state index contributed by atoms with van der Waals surface area (Å²) in [5.41, 5.74) is 7.80. The van der Waals surface area contributed by atoms with Gasteiger partial charge in [-0.2, -0.15) is 0 Å². The van der Waals surface area contributed by atoms with Gasteiger partial charge in [-0.05, 0) is 30.0 Å². The Labute approximate surface area is 156 Å². The van der Waals surface area contributed by atoms with Crippen molar-refractivity contribution in [3.8, 4) is 0 Å². The van der Waals surface area contributed by atoms with Gasteiger partial charge in [0.25, 0.3) is 11.6 Å². The lowest BCUT2D eigenvalue weighted by molar-refractivity contribution is -0.384. The number of amides is 1. The molecular weight excluding hydrogens is 350 g/mol. The average molecular weight is 371 g/mol. The van der Waals surface area contributed by atoms with Crippen LogP contribution in [0.4, 0.5) is 17.1 Å². The summed E-state index contributed by atoms with van der Waals surface area (Å²) in [5.74, 6) is -1.21. The van der Waals surface area contributed by atoms with E-state index in [1.807, 2.05) is 39.0 Å². The molecule has 0 aliphatic rings. The Bertz CT molecular complexity index is 893. The smallest absolute Gasteiger partial charge is 0.341 e. The monoisotopic (exact) mass is 371 g/mol. The number of nitro benzene ring substituents is 1. The standard InChI is InChI=1S/C19H21N3O5/c1-11(2)14-6-4-5-12(3)18(14)21-17(23)10-27-19(24)15-9-13(22(25)26)7-8-16(15)20/h4-9,11H,10,20H2,1-3H3,(H,21,23). The molecule has 3 N–H and O–H groups in total. The SMILES string of the molecule is Cc1cccc(C(C)C)c1NC(=O)COC(=O)c1cc([N+](=O)[O-])ccc1N. The fourth-order valence-corrected chi connectivity index (χ4v) is 2.56. The first kappa shape index (κ1) is 19.9. The fourth-order valence-electron chi connectivity index (χ4n) is 2.56. The lowest BCUT2D eigenvalue weighted by Crippen LogP contribution is -2.22. The van der Waals surface area contributed by atoms with Crippen LogP contribution in [0.1, 0.15) is 41.3 Å². The summed E-state index contributed by atoms with van der Waals surface area (Å²) >= 11 is 0. The van der Waals surface area contributed by atoms with Gasteiger partial charge in [0.05, 0.1) is 10.5 Å². The maximum Gasteiger partial charge on any atom is 0.341 e. The highest BCUT2D eigenvalue weighted by Crippen LogP contribution is 2.27. The summed E-state index contributed by atoms with van der Waals surface area (Å²) in [4.78, 5) is 34.5. The third-order valence-corrected chi connectivity index (χ3v) is 3.99. The zero-order chi connectivity index (χ0) is 20.1. The number of aryl methyl sites for hydroxylation is 1. The van der Waals surface area contributed by atoms with Crippen LogP contribution in [0, 0.1) is 17.0 Å². The van der Waals surface area contributed by atoms with Gasteiger partial charge < -0.3 is 15.8 Å². The third-order valence-electron chi connectivity index (χ3n) is 3.99. The predicted octanol–water partition coefficient (Wildman–Crippen LogP) is 3.40. The number of nitrogens with one attached hydrogen (secondary N) is 1. The minimum atomic E-state index is -0.903. The summed E-state index contributed by atoms with van der Waals surface area (Å²) in [7, 11) is 0. The first-order valence-corrected chi connectivity index (χ1v) is 8.31. The molecule has 2 rings (SSSR count). The maximum absolute atomic E-state index is 12.2. The minimum absolute atomic E-state index is 0.0343. The van der Waals surface area contributed by atoms with Crippen LogP contribution in [-0.4, -0.2) is 23.4 Å². The minimum Gasteiger partial charge on any atom is -0.452 e. The topological polar surface area (TPSA) is 125 Å². The Morgan fingerprint density at radius 3 is 2.59 bits per heavy atom. The molecule has 8 heteroatoms. The Morgan fingerprint density at radius 1 is 1.26 bits per heavy atom.